The fourth-order valence-corrected chi connectivity index (χ4v) is 6.99. The Kier molecular flexibility index (Phi) is 5.35. The Morgan fingerprint density at radius 1 is 1.14 bits per heavy atom. The third-order valence-electron chi connectivity index (χ3n) is 8.60. The van der Waals surface area contributed by atoms with E-state index in [9.17, 15) is 4.79 Å². The van der Waals surface area contributed by atoms with Crippen LogP contribution in [0, 0.1) is 0 Å². The molecule has 35 heavy (non-hydrogen) atoms. The number of halogens is 1. The summed E-state index contributed by atoms with van der Waals surface area (Å²) in [7, 11) is 0. The molecule has 4 aliphatic rings. The van der Waals surface area contributed by atoms with Gasteiger partial charge in [0.15, 0.2) is 0 Å². The molecule has 1 aliphatic carbocycles. The summed E-state index contributed by atoms with van der Waals surface area (Å²) in [6, 6.07) is 11.1. The second kappa shape index (κ2) is 8.10. The van der Waals surface area contributed by atoms with E-state index in [1.165, 1.54) is 11.3 Å². The van der Waals surface area contributed by atoms with Crippen LogP contribution in [0.3, 0.4) is 0 Å². The van der Waals surface area contributed by atoms with Crippen molar-refractivity contribution in [3.05, 3.63) is 52.7 Å². The van der Waals surface area contributed by atoms with Crippen molar-refractivity contribution >= 4 is 29.0 Å². The van der Waals surface area contributed by atoms with E-state index >= 15 is 0 Å². The Labute approximate surface area is 213 Å². The van der Waals surface area contributed by atoms with Gasteiger partial charge in [-0.15, -0.1) is 0 Å². The van der Waals surface area contributed by atoms with Gasteiger partial charge in [0.05, 0.1) is 5.41 Å². The van der Waals surface area contributed by atoms with E-state index in [0.717, 1.165) is 50.3 Å². The lowest BCUT2D eigenvalue weighted by Gasteiger charge is -2.44. The molecular formula is C28H36ClN5O. The fourth-order valence-electron chi connectivity index (χ4n) is 6.86. The van der Waals surface area contributed by atoms with Crippen molar-refractivity contribution in [3.8, 4) is 0 Å². The number of aromatic nitrogens is 1. The average Bonchev–Trinajstić information content (AvgIpc) is 3.35. The van der Waals surface area contributed by atoms with Gasteiger partial charge in [0, 0.05) is 71.7 Å². The zero-order valence-corrected chi connectivity index (χ0v) is 21.9. The van der Waals surface area contributed by atoms with Crippen molar-refractivity contribution in [2.75, 3.05) is 29.9 Å². The Morgan fingerprint density at radius 2 is 1.83 bits per heavy atom. The molecule has 1 aromatic carbocycles. The van der Waals surface area contributed by atoms with Crippen LogP contribution in [-0.2, 0) is 15.6 Å². The molecule has 1 aromatic heterocycles. The zero-order chi connectivity index (χ0) is 24.5. The highest BCUT2D eigenvalue weighted by Crippen LogP contribution is 2.52. The Balaban J connectivity index is 1.29. The van der Waals surface area contributed by atoms with Crippen molar-refractivity contribution in [1.82, 2.24) is 15.2 Å². The summed E-state index contributed by atoms with van der Waals surface area (Å²) < 4.78 is 0. The van der Waals surface area contributed by atoms with E-state index in [1.807, 2.05) is 18.3 Å². The number of nitrogens with zero attached hydrogens (tertiary/aromatic N) is 3. The standard InChI is InChI=1S/C28H36ClN5O/c1-17(2)32-23-13-28(23,18-5-7-19(29)8-6-18)26(35)34-20-9-10-21(34)15-33(14-20)22-11-12-30-25-24(22)27(3,4)16-31-25/h5-8,11-12,17,20-21,23,32H,9-10,13-16H2,1-4H3,(H,30,31)/t20?,21?,23-,28?/m0/s1. The van der Waals surface area contributed by atoms with E-state index in [1.54, 1.807) is 0 Å². The highest BCUT2D eigenvalue weighted by molar-refractivity contribution is 6.30. The highest BCUT2D eigenvalue weighted by Gasteiger charge is 2.64. The first-order valence-corrected chi connectivity index (χ1v) is 13.4. The van der Waals surface area contributed by atoms with Crippen LogP contribution in [0.2, 0.25) is 5.02 Å². The van der Waals surface area contributed by atoms with Gasteiger partial charge in [-0.1, -0.05) is 51.4 Å². The summed E-state index contributed by atoms with van der Waals surface area (Å²) in [6.45, 7) is 11.6. The van der Waals surface area contributed by atoms with Gasteiger partial charge in [0.25, 0.3) is 0 Å². The molecule has 2 N–H and O–H groups in total. The number of amides is 1. The van der Waals surface area contributed by atoms with Crippen molar-refractivity contribution in [2.45, 2.75) is 82.0 Å². The second-order valence-electron chi connectivity index (χ2n) is 11.8. The number of pyridine rings is 1. The van der Waals surface area contributed by atoms with Crippen LogP contribution in [0.4, 0.5) is 11.5 Å². The van der Waals surface area contributed by atoms with Gasteiger partial charge in [0.2, 0.25) is 5.91 Å². The lowest BCUT2D eigenvalue weighted by Crippen LogP contribution is -2.59. The fraction of sp³-hybridized carbons (Fsp3) is 0.571. The molecule has 3 unspecified atom stereocenters. The molecule has 0 spiro atoms. The quantitative estimate of drug-likeness (QED) is 0.649. The molecule has 3 aliphatic heterocycles. The van der Waals surface area contributed by atoms with E-state index in [-0.39, 0.29) is 23.5 Å². The minimum atomic E-state index is -0.484. The number of nitrogens with one attached hydrogen (secondary N) is 2. The van der Waals surface area contributed by atoms with Crippen molar-refractivity contribution in [1.29, 1.82) is 0 Å². The van der Waals surface area contributed by atoms with Crippen LogP contribution in [-0.4, -0.2) is 59.6 Å². The van der Waals surface area contributed by atoms with Gasteiger partial charge in [-0.05, 0) is 43.0 Å². The molecule has 6 rings (SSSR count). The molecular weight excluding hydrogens is 458 g/mol. The predicted molar refractivity (Wildman–Crippen MR) is 141 cm³/mol. The molecule has 4 heterocycles. The predicted octanol–water partition coefficient (Wildman–Crippen LogP) is 4.33. The Bertz CT molecular complexity index is 1130. The molecule has 3 fully saturated rings. The van der Waals surface area contributed by atoms with Gasteiger partial charge in [-0.2, -0.15) is 0 Å². The second-order valence-corrected chi connectivity index (χ2v) is 12.3. The Hall–Kier alpha value is -2.31. The lowest BCUT2D eigenvalue weighted by atomic mass is 9.86. The molecule has 0 radical (unpaired) electrons. The van der Waals surface area contributed by atoms with Crippen molar-refractivity contribution in [2.24, 2.45) is 0 Å². The van der Waals surface area contributed by atoms with Crippen LogP contribution >= 0.6 is 11.6 Å². The first-order valence-electron chi connectivity index (χ1n) is 13.0. The largest absolute Gasteiger partial charge is 0.369 e. The number of anilines is 2. The SMILES string of the molecule is CC(C)N[C@H]1CC1(C(=O)N1C2CCC1CN(c1ccnc3c1C(C)(C)CN3)C2)c1ccc(Cl)cc1. The summed E-state index contributed by atoms with van der Waals surface area (Å²) in [5, 5.41) is 7.85. The van der Waals surface area contributed by atoms with Crippen LogP contribution < -0.4 is 15.5 Å². The summed E-state index contributed by atoms with van der Waals surface area (Å²) in [5.41, 5.74) is 3.26. The van der Waals surface area contributed by atoms with Gasteiger partial charge >= 0.3 is 0 Å². The maximum atomic E-state index is 14.4. The highest BCUT2D eigenvalue weighted by atomic mass is 35.5. The molecule has 7 heteroatoms. The number of rotatable bonds is 5. The normalized spacial score (nSPS) is 30.4. The zero-order valence-electron chi connectivity index (χ0n) is 21.1. The number of benzene rings is 1. The first kappa shape index (κ1) is 23.1. The van der Waals surface area contributed by atoms with Gasteiger partial charge in [-0.25, -0.2) is 4.98 Å². The maximum absolute atomic E-state index is 14.4. The summed E-state index contributed by atoms with van der Waals surface area (Å²) >= 11 is 6.20. The number of hydrogen-bond acceptors (Lipinski definition) is 5. The molecule has 186 valence electrons. The van der Waals surface area contributed by atoms with Crippen LogP contribution in [0.5, 0.6) is 0 Å². The number of carbonyl (C=O) groups excluding carboxylic acids is 1. The van der Waals surface area contributed by atoms with Crippen molar-refractivity contribution in [3.63, 3.8) is 0 Å². The minimum absolute atomic E-state index is 0.0489. The van der Waals surface area contributed by atoms with Crippen molar-refractivity contribution < 1.29 is 4.79 Å². The van der Waals surface area contributed by atoms with Crippen LogP contribution in [0.1, 0.15) is 58.1 Å². The van der Waals surface area contributed by atoms with Crippen LogP contribution in [0.25, 0.3) is 0 Å². The maximum Gasteiger partial charge on any atom is 0.235 e. The monoisotopic (exact) mass is 493 g/mol. The van der Waals surface area contributed by atoms with E-state index in [0.29, 0.717) is 17.0 Å². The molecule has 1 amide bonds. The first-order chi connectivity index (χ1) is 16.7. The molecule has 4 atom stereocenters. The number of carbonyl (C=O) groups is 1. The number of fused-ring (bicyclic) bond motifs is 3. The minimum Gasteiger partial charge on any atom is -0.369 e. The van der Waals surface area contributed by atoms with Gasteiger partial charge < -0.3 is 20.4 Å². The summed E-state index contributed by atoms with van der Waals surface area (Å²) in [5.74, 6) is 1.31. The van der Waals surface area contributed by atoms with E-state index in [4.69, 9.17) is 11.6 Å². The van der Waals surface area contributed by atoms with E-state index < -0.39 is 5.41 Å². The van der Waals surface area contributed by atoms with Gasteiger partial charge in [-0.3, -0.25) is 4.79 Å². The third-order valence-corrected chi connectivity index (χ3v) is 8.85. The van der Waals surface area contributed by atoms with Crippen LogP contribution in [0.15, 0.2) is 36.5 Å². The summed E-state index contributed by atoms with van der Waals surface area (Å²) in [6.07, 6.45) is 4.91. The molecule has 6 nitrogen and oxygen atoms in total. The number of hydrogen-bond donors (Lipinski definition) is 2. The number of piperazine rings is 1. The molecule has 1 saturated carbocycles. The molecule has 2 bridgehead atoms. The molecule has 2 aromatic rings. The van der Waals surface area contributed by atoms with E-state index in [2.05, 4.69) is 71.3 Å². The third kappa shape index (κ3) is 3.63. The average molecular weight is 494 g/mol. The Morgan fingerprint density at radius 3 is 2.49 bits per heavy atom. The lowest BCUT2D eigenvalue weighted by molar-refractivity contribution is -0.137. The smallest absolute Gasteiger partial charge is 0.235 e. The topological polar surface area (TPSA) is 60.5 Å². The van der Waals surface area contributed by atoms with Gasteiger partial charge in [0.1, 0.15) is 5.82 Å². The molecule has 2 saturated heterocycles. The summed E-state index contributed by atoms with van der Waals surface area (Å²) in [4.78, 5) is 23.8.